The third kappa shape index (κ3) is 11.6. The summed E-state index contributed by atoms with van der Waals surface area (Å²) in [6, 6.07) is 18.0. The Kier molecular flexibility index (Phi) is 16.0. The first kappa shape index (κ1) is 35.2. The molecule has 0 spiro atoms. The molecule has 0 bridgehead atoms. The van der Waals surface area contributed by atoms with Gasteiger partial charge >= 0.3 is 0 Å². The first-order valence-corrected chi connectivity index (χ1v) is 16.5. The van der Waals surface area contributed by atoms with E-state index >= 15 is 0 Å². The lowest BCUT2D eigenvalue weighted by molar-refractivity contribution is 0.0110. The summed E-state index contributed by atoms with van der Waals surface area (Å²) in [6.45, 7) is 11.1. The maximum Gasteiger partial charge on any atom is 0.132 e. The number of hydrogen-bond donors (Lipinski definition) is 0. The molecule has 4 aromatic rings. The Morgan fingerprint density at radius 3 is 1.42 bits per heavy atom. The number of aromatic nitrogens is 2. The van der Waals surface area contributed by atoms with E-state index in [1.165, 1.54) is 0 Å². The minimum Gasteiger partial charge on any atom is -0.490 e. The van der Waals surface area contributed by atoms with E-state index in [4.69, 9.17) is 47.9 Å². The van der Waals surface area contributed by atoms with Gasteiger partial charge in [-0.15, -0.1) is 0 Å². The monoisotopic (exact) mass is 734 g/mol. The number of hydrogen-bond acceptors (Lipinski definition) is 10. The summed E-state index contributed by atoms with van der Waals surface area (Å²) >= 11 is 2.23. The molecule has 0 aliphatic rings. The van der Waals surface area contributed by atoms with Gasteiger partial charge < -0.3 is 37.9 Å². The number of fused-ring (bicyclic) bond motifs is 3. The molecule has 244 valence electrons. The summed E-state index contributed by atoms with van der Waals surface area (Å²) < 4.78 is 46.4. The molecule has 0 radical (unpaired) electrons. The molecule has 4 rings (SSSR count). The van der Waals surface area contributed by atoms with Gasteiger partial charge in [0.05, 0.1) is 88.4 Å². The van der Waals surface area contributed by atoms with Gasteiger partial charge in [-0.25, -0.2) is 9.97 Å². The molecule has 2 aromatic carbocycles. The zero-order valence-corrected chi connectivity index (χ0v) is 28.3. The van der Waals surface area contributed by atoms with Gasteiger partial charge in [-0.05, 0) is 60.7 Å². The largest absolute Gasteiger partial charge is 0.490 e. The molecule has 0 amide bonds. The van der Waals surface area contributed by atoms with Crippen LogP contribution in [-0.4, -0.2) is 102 Å². The van der Waals surface area contributed by atoms with Crippen molar-refractivity contribution in [3.63, 3.8) is 0 Å². The van der Waals surface area contributed by atoms with Crippen LogP contribution in [-0.2, 0) is 28.4 Å². The van der Waals surface area contributed by atoms with Crippen LogP contribution >= 0.6 is 22.6 Å². The smallest absolute Gasteiger partial charge is 0.132 e. The molecular formula is C34H43IN2O8. The van der Waals surface area contributed by atoms with E-state index in [0.717, 1.165) is 36.8 Å². The van der Waals surface area contributed by atoms with Crippen molar-refractivity contribution in [1.29, 1.82) is 0 Å². The fourth-order valence-electron chi connectivity index (χ4n) is 4.48. The van der Waals surface area contributed by atoms with Crippen LogP contribution < -0.4 is 9.47 Å². The highest BCUT2D eigenvalue weighted by atomic mass is 127. The maximum absolute atomic E-state index is 6.23. The summed E-state index contributed by atoms with van der Waals surface area (Å²) in [5.74, 6) is 1.31. The molecular weight excluding hydrogens is 691 g/mol. The van der Waals surface area contributed by atoms with E-state index in [1.54, 1.807) is 0 Å². The highest BCUT2D eigenvalue weighted by Crippen LogP contribution is 2.39. The summed E-state index contributed by atoms with van der Waals surface area (Å²) in [4.78, 5) is 9.88. The van der Waals surface area contributed by atoms with Crippen molar-refractivity contribution in [1.82, 2.24) is 9.97 Å². The number of pyridine rings is 2. The first-order valence-electron chi connectivity index (χ1n) is 15.4. The lowest BCUT2D eigenvalue weighted by Crippen LogP contribution is -2.14. The normalized spacial score (nSPS) is 11.4. The van der Waals surface area contributed by atoms with Gasteiger partial charge in [-0.3, -0.25) is 0 Å². The van der Waals surface area contributed by atoms with E-state index in [2.05, 4.69) is 46.9 Å². The minimum atomic E-state index is 0.359. The van der Waals surface area contributed by atoms with Gasteiger partial charge in [0.25, 0.3) is 0 Å². The number of benzene rings is 2. The van der Waals surface area contributed by atoms with Crippen LogP contribution in [0.3, 0.4) is 0 Å². The molecule has 45 heavy (non-hydrogen) atoms. The number of nitrogens with zero attached hydrogens (tertiary/aromatic N) is 2. The lowest BCUT2D eigenvalue weighted by Gasteiger charge is -2.17. The molecule has 0 atom stereocenters. The maximum atomic E-state index is 6.23. The van der Waals surface area contributed by atoms with Crippen LogP contribution in [0.15, 0.2) is 54.6 Å². The number of ether oxygens (including phenoxy) is 8. The molecule has 0 saturated heterocycles. The third-order valence-corrected chi connectivity index (χ3v) is 7.20. The van der Waals surface area contributed by atoms with Crippen molar-refractivity contribution < 1.29 is 37.9 Å². The topological polar surface area (TPSA) is 99.6 Å². The summed E-state index contributed by atoms with van der Waals surface area (Å²) in [7, 11) is 0. The van der Waals surface area contributed by atoms with Gasteiger partial charge in [0, 0.05) is 24.0 Å². The van der Waals surface area contributed by atoms with Crippen molar-refractivity contribution in [3.05, 3.63) is 58.3 Å². The quantitative estimate of drug-likeness (QED) is 0.0394. The van der Waals surface area contributed by atoms with Crippen molar-refractivity contribution in [2.75, 3.05) is 92.5 Å². The Morgan fingerprint density at radius 2 is 0.911 bits per heavy atom. The second kappa shape index (κ2) is 20.5. The van der Waals surface area contributed by atoms with Gasteiger partial charge in [0.15, 0.2) is 0 Å². The predicted octanol–water partition coefficient (Wildman–Crippen LogP) is 5.95. The zero-order chi connectivity index (χ0) is 31.5. The average molecular weight is 735 g/mol. The third-order valence-electron chi connectivity index (χ3n) is 6.60. The van der Waals surface area contributed by atoms with E-state index < -0.39 is 0 Å². The molecule has 2 heterocycles. The summed E-state index contributed by atoms with van der Waals surface area (Å²) in [5.41, 5.74) is 3.18. The van der Waals surface area contributed by atoms with Crippen molar-refractivity contribution in [2.45, 2.75) is 13.8 Å². The molecule has 2 aromatic heterocycles. The van der Waals surface area contributed by atoms with Gasteiger partial charge in [-0.2, -0.15) is 0 Å². The Labute approximate surface area is 278 Å². The fraction of sp³-hybridized carbons (Fsp3) is 0.471. The molecule has 0 N–H and O–H groups in total. The highest BCUT2D eigenvalue weighted by Gasteiger charge is 2.17. The Hall–Kier alpha value is -2.65. The predicted molar refractivity (Wildman–Crippen MR) is 182 cm³/mol. The van der Waals surface area contributed by atoms with E-state index in [1.807, 2.05) is 44.2 Å². The van der Waals surface area contributed by atoms with Crippen LogP contribution in [0, 0.1) is 3.70 Å². The van der Waals surface area contributed by atoms with Crippen LogP contribution in [0.1, 0.15) is 13.8 Å². The zero-order valence-electron chi connectivity index (χ0n) is 26.1. The molecule has 0 aliphatic carbocycles. The number of halogens is 1. The second-order valence-corrected chi connectivity index (χ2v) is 10.8. The average Bonchev–Trinajstić information content (AvgIpc) is 3.06. The summed E-state index contributed by atoms with van der Waals surface area (Å²) in [6.07, 6.45) is 0. The van der Waals surface area contributed by atoms with Crippen LogP contribution in [0.4, 0.5) is 0 Å². The fourth-order valence-corrected chi connectivity index (χ4v) is 4.90. The van der Waals surface area contributed by atoms with Crippen molar-refractivity contribution in [2.24, 2.45) is 0 Å². The molecule has 0 aliphatic heterocycles. The van der Waals surface area contributed by atoms with Crippen LogP contribution in [0.25, 0.3) is 33.1 Å². The number of rotatable bonds is 23. The van der Waals surface area contributed by atoms with Crippen LogP contribution in [0.5, 0.6) is 11.5 Å². The van der Waals surface area contributed by atoms with Crippen molar-refractivity contribution >= 4 is 44.4 Å². The first-order chi connectivity index (χ1) is 22.2. The second-order valence-electron chi connectivity index (χ2n) is 9.71. The molecule has 0 fully saturated rings. The lowest BCUT2D eigenvalue weighted by atomic mass is 10.1. The van der Waals surface area contributed by atoms with Gasteiger partial charge in [0.1, 0.15) is 28.4 Å². The molecule has 0 saturated carbocycles. The molecule has 10 nitrogen and oxygen atoms in total. The highest BCUT2D eigenvalue weighted by molar-refractivity contribution is 14.1. The standard InChI is InChI=1S/C34H43IN2O8/c1-3-38-14-16-40-18-20-42-22-24-44-29-6-5-7-30(45-25-23-43-21-19-41-17-15-39-4-2)32(29)28-12-10-26-8-9-27-11-13-31(35)37-34(27)33(26)36-28/h5-13H,3-4,14-25H2,1-2H3. The van der Waals surface area contributed by atoms with E-state index in [-0.39, 0.29) is 0 Å². The Morgan fingerprint density at radius 1 is 0.489 bits per heavy atom. The van der Waals surface area contributed by atoms with Gasteiger partial charge in [0.2, 0.25) is 0 Å². The molecule has 0 unspecified atom stereocenters. The van der Waals surface area contributed by atoms with Crippen molar-refractivity contribution in [3.8, 4) is 22.8 Å². The minimum absolute atomic E-state index is 0.359. The summed E-state index contributed by atoms with van der Waals surface area (Å²) in [5, 5.41) is 2.04. The van der Waals surface area contributed by atoms with Gasteiger partial charge in [-0.1, -0.05) is 30.3 Å². The molecule has 11 heteroatoms. The Bertz CT molecular complexity index is 1400. The van der Waals surface area contributed by atoms with E-state index in [0.29, 0.717) is 104 Å². The SMILES string of the molecule is CCOCCOCCOCCOc1cccc(OCCOCCOCCOCC)c1-c1ccc2ccc3ccc(I)nc3c2n1. The van der Waals surface area contributed by atoms with Crippen LogP contribution in [0.2, 0.25) is 0 Å². The Balaban J connectivity index is 1.43. The van der Waals surface area contributed by atoms with E-state index in [9.17, 15) is 0 Å².